The summed E-state index contributed by atoms with van der Waals surface area (Å²) >= 11 is 12.3. The molecule has 2 aromatic carbocycles. The fraction of sp³-hybridized carbons (Fsp3) is 0.158. The van der Waals surface area contributed by atoms with Crippen LogP contribution in [0.15, 0.2) is 54.7 Å². The second-order valence-electron chi connectivity index (χ2n) is 5.60. The molecule has 1 unspecified atom stereocenters. The van der Waals surface area contributed by atoms with E-state index in [9.17, 15) is 4.79 Å². The zero-order valence-electron chi connectivity index (χ0n) is 13.1. The van der Waals surface area contributed by atoms with Crippen molar-refractivity contribution in [3.63, 3.8) is 0 Å². The average Bonchev–Trinajstić information content (AvgIpc) is 2.57. The van der Waals surface area contributed by atoms with Gasteiger partial charge in [-0.2, -0.15) is 0 Å². The van der Waals surface area contributed by atoms with Crippen molar-refractivity contribution in [1.29, 1.82) is 0 Å². The second kappa shape index (κ2) is 7.20. The van der Waals surface area contributed by atoms with Crippen LogP contribution in [0.3, 0.4) is 0 Å². The van der Waals surface area contributed by atoms with Gasteiger partial charge < -0.3 is 5.32 Å². The zero-order valence-corrected chi connectivity index (χ0v) is 14.6. The number of rotatable bonds is 4. The maximum absolute atomic E-state index is 12.4. The van der Waals surface area contributed by atoms with Crippen LogP contribution in [0.1, 0.15) is 24.1 Å². The highest BCUT2D eigenvalue weighted by Gasteiger charge is 2.15. The first kappa shape index (κ1) is 16.7. The fourth-order valence-electron chi connectivity index (χ4n) is 2.71. The molecular weight excluding hydrogens is 343 g/mol. The minimum atomic E-state index is -0.230. The van der Waals surface area contributed by atoms with Gasteiger partial charge >= 0.3 is 0 Å². The Morgan fingerprint density at radius 3 is 2.71 bits per heavy atom. The van der Waals surface area contributed by atoms with Crippen molar-refractivity contribution in [2.75, 3.05) is 0 Å². The second-order valence-corrected chi connectivity index (χ2v) is 6.39. The quantitative estimate of drug-likeness (QED) is 0.715. The van der Waals surface area contributed by atoms with Gasteiger partial charge in [0.1, 0.15) is 0 Å². The van der Waals surface area contributed by atoms with Gasteiger partial charge in [-0.3, -0.25) is 9.78 Å². The van der Waals surface area contributed by atoms with Crippen molar-refractivity contribution in [1.82, 2.24) is 10.3 Å². The number of nitrogens with zero attached hydrogens (tertiary/aromatic N) is 1. The minimum absolute atomic E-state index is 0.0864. The first-order chi connectivity index (χ1) is 11.6. The number of nitrogens with one attached hydrogen (secondary N) is 1. The number of carbonyl (C=O) groups is 1. The van der Waals surface area contributed by atoms with Crippen LogP contribution in [0.4, 0.5) is 0 Å². The van der Waals surface area contributed by atoms with Gasteiger partial charge in [-0.25, -0.2) is 0 Å². The van der Waals surface area contributed by atoms with Gasteiger partial charge in [-0.1, -0.05) is 59.6 Å². The first-order valence-electron chi connectivity index (χ1n) is 7.62. The lowest BCUT2D eigenvalue weighted by Crippen LogP contribution is -2.28. The molecule has 24 heavy (non-hydrogen) atoms. The van der Waals surface area contributed by atoms with E-state index >= 15 is 0 Å². The average molecular weight is 359 g/mol. The molecule has 1 aromatic heterocycles. The molecule has 122 valence electrons. The molecule has 1 amide bonds. The number of aromatic nitrogens is 1. The maximum Gasteiger partial charge on any atom is 0.224 e. The van der Waals surface area contributed by atoms with E-state index in [-0.39, 0.29) is 18.4 Å². The summed E-state index contributed by atoms with van der Waals surface area (Å²) in [5.74, 6) is -0.0864. The molecule has 3 nitrogen and oxygen atoms in total. The van der Waals surface area contributed by atoms with Crippen molar-refractivity contribution in [3.05, 3.63) is 75.9 Å². The molecule has 1 atom stereocenters. The number of carbonyl (C=O) groups excluding carboxylic acids is 1. The van der Waals surface area contributed by atoms with E-state index in [1.165, 1.54) is 0 Å². The van der Waals surface area contributed by atoms with E-state index in [0.717, 1.165) is 22.0 Å². The van der Waals surface area contributed by atoms with Crippen molar-refractivity contribution in [2.45, 2.75) is 19.4 Å². The lowest BCUT2D eigenvalue weighted by atomic mass is 10.1. The smallest absolute Gasteiger partial charge is 0.224 e. The van der Waals surface area contributed by atoms with Crippen LogP contribution >= 0.6 is 23.2 Å². The third kappa shape index (κ3) is 3.53. The van der Waals surface area contributed by atoms with E-state index < -0.39 is 0 Å². The third-order valence-corrected chi connectivity index (χ3v) is 4.73. The highest BCUT2D eigenvalue weighted by molar-refractivity contribution is 6.42. The van der Waals surface area contributed by atoms with Crippen molar-refractivity contribution in [3.8, 4) is 0 Å². The summed E-state index contributed by atoms with van der Waals surface area (Å²) in [6.07, 6.45) is 2.00. The highest BCUT2D eigenvalue weighted by Crippen LogP contribution is 2.29. The molecule has 0 aliphatic carbocycles. The molecule has 0 radical (unpaired) electrons. The van der Waals surface area contributed by atoms with Crippen LogP contribution in [0.2, 0.25) is 10.0 Å². The molecule has 1 heterocycles. The van der Waals surface area contributed by atoms with E-state index in [4.69, 9.17) is 23.2 Å². The maximum atomic E-state index is 12.4. The van der Waals surface area contributed by atoms with Crippen LogP contribution in [0.25, 0.3) is 10.9 Å². The van der Waals surface area contributed by atoms with Crippen LogP contribution < -0.4 is 5.32 Å². The molecule has 0 fully saturated rings. The predicted molar refractivity (Wildman–Crippen MR) is 98.5 cm³/mol. The normalized spacial score (nSPS) is 12.1. The molecule has 1 N–H and O–H groups in total. The molecule has 3 aromatic rings. The topological polar surface area (TPSA) is 42.0 Å². The monoisotopic (exact) mass is 358 g/mol. The van der Waals surface area contributed by atoms with E-state index in [0.29, 0.717) is 10.0 Å². The Morgan fingerprint density at radius 2 is 1.88 bits per heavy atom. The largest absolute Gasteiger partial charge is 0.349 e. The van der Waals surface area contributed by atoms with E-state index in [1.54, 1.807) is 12.3 Å². The molecule has 3 rings (SSSR count). The van der Waals surface area contributed by atoms with Crippen molar-refractivity contribution >= 4 is 40.0 Å². The van der Waals surface area contributed by atoms with Crippen LogP contribution in [0, 0.1) is 0 Å². The number of hydrogen-bond donors (Lipinski definition) is 1. The van der Waals surface area contributed by atoms with Gasteiger partial charge in [-0.15, -0.1) is 0 Å². The van der Waals surface area contributed by atoms with Crippen molar-refractivity contribution < 1.29 is 4.79 Å². The Morgan fingerprint density at radius 1 is 1.12 bits per heavy atom. The summed E-state index contributed by atoms with van der Waals surface area (Å²) in [5.41, 5.74) is 2.55. The Balaban J connectivity index is 1.76. The molecule has 0 saturated carbocycles. The van der Waals surface area contributed by atoms with E-state index in [2.05, 4.69) is 10.3 Å². The van der Waals surface area contributed by atoms with Crippen molar-refractivity contribution in [2.24, 2.45) is 0 Å². The summed E-state index contributed by atoms with van der Waals surface area (Å²) in [6, 6.07) is 14.9. The Bertz CT molecular complexity index is 890. The summed E-state index contributed by atoms with van der Waals surface area (Å²) in [6.45, 7) is 1.89. The number of amides is 1. The summed E-state index contributed by atoms with van der Waals surface area (Å²) in [4.78, 5) is 16.8. The van der Waals surface area contributed by atoms with E-state index in [1.807, 2.05) is 49.4 Å². The highest BCUT2D eigenvalue weighted by atomic mass is 35.5. The van der Waals surface area contributed by atoms with Gasteiger partial charge in [0, 0.05) is 11.6 Å². The lowest BCUT2D eigenvalue weighted by Gasteiger charge is -2.16. The predicted octanol–water partition coefficient (Wildman–Crippen LogP) is 4.96. The van der Waals surface area contributed by atoms with Gasteiger partial charge in [-0.05, 0) is 30.2 Å². The summed E-state index contributed by atoms with van der Waals surface area (Å²) in [7, 11) is 0. The Hall–Kier alpha value is -2.10. The molecule has 0 aliphatic heterocycles. The van der Waals surface area contributed by atoms with Gasteiger partial charge in [0.05, 0.1) is 28.0 Å². The third-order valence-electron chi connectivity index (χ3n) is 3.89. The minimum Gasteiger partial charge on any atom is -0.349 e. The van der Waals surface area contributed by atoms with Gasteiger partial charge in [0.2, 0.25) is 5.91 Å². The Labute approximate surface area is 150 Å². The summed E-state index contributed by atoms with van der Waals surface area (Å²) in [5, 5.41) is 4.94. The molecule has 5 heteroatoms. The standard InChI is InChI=1S/C19H16Cl2N2O/c1-12(15-8-3-9-16(20)18(15)21)23-17(24)11-14-6-2-5-13-7-4-10-22-19(13)14/h2-10,12H,11H2,1H3,(H,23,24). The number of halogens is 2. The molecule has 0 aliphatic rings. The summed E-state index contributed by atoms with van der Waals surface area (Å²) < 4.78 is 0. The zero-order chi connectivity index (χ0) is 17.1. The molecule has 0 bridgehead atoms. The number of para-hydroxylation sites is 1. The van der Waals surface area contributed by atoms with Crippen LogP contribution in [-0.2, 0) is 11.2 Å². The number of pyridine rings is 1. The lowest BCUT2D eigenvalue weighted by molar-refractivity contribution is -0.121. The SMILES string of the molecule is CC(NC(=O)Cc1cccc2cccnc12)c1cccc(Cl)c1Cl. The first-order valence-corrected chi connectivity index (χ1v) is 8.38. The van der Waals surface area contributed by atoms with Crippen LogP contribution in [-0.4, -0.2) is 10.9 Å². The number of hydrogen-bond acceptors (Lipinski definition) is 2. The fourth-order valence-corrected chi connectivity index (χ4v) is 3.18. The number of fused-ring (bicyclic) bond motifs is 1. The van der Waals surface area contributed by atoms with Gasteiger partial charge in [0.25, 0.3) is 0 Å². The van der Waals surface area contributed by atoms with Crippen LogP contribution in [0.5, 0.6) is 0 Å². The number of benzene rings is 2. The molecule has 0 saturated heterocycles. The molecule has 0 spiro atoms. The van der Waals surface area contributed by atoms with Gasteiger partial charge in [0.15, 0.2) is 0 Å². The molecular formula is C19H16Cl2N2O. The Kier molecular flexibility index (Phi) is 5.03.